The maximum absolute atomic E-state index is 5.84. The summed E-state index contributed by atoms with van der Waals surface area (Å²) >= 11 is 0. The lowest BCUT2D eigenvalue weighted by Crippen LogP contribution is -2.27. The summed E-state index contributed by atoms with van der Waals surface area (Å²) in [5, 5.41) is 3.42. The third-order valence-electron chi connectivity index (χ3n) is 4.04. The Kier molecular flexibility index (Phi) is 9.98. The Hall–Kier alpha value is -1.02. The van der Waals surface area contributed by atoms with Gasteiger partial charge in [-0.25, -0.2) is 0 Å². The van der Waals surface area contributed by atoms with Crippen molar-refractivity contribution in [2.45, 2.75) is 71.3 Å². The summed E-state index contributed by atoms with van der Waals surface area (Å²) in [6.07, 6.45) is 10.6. The first-order valence-corrected chi connectivity index (χ1v) is 8.63. The molecule has 2 heteroatoms. The monoisotopic (exact) mass is 291 g/mol. The lowest BCUT2D eigenvalue weighted by molar-refractivity contribution is 0.282. The fourth-order valence-electron chi connectivity index (χ4n) is 2.63. The van der Waals surface area contributed by atoms with Crippen molar-refractivity contribution in [3.63, 3.8) is 0 Å². The van der Waals surface area contributed by atoms with Gasteiger partial charge in [0.05, 0.1) is 6.61 Å². The molecule has 0 saturated heterocycles. The van der Waals surface area contributed by atoms with Crippen LogP contribution in [-0.4, -0.2) is 19.7 Å². The summed E-state index contributed by atoms with van der Waals surface area (Å²) in [5.41, 5.74) is 1.25. The number of benzene rings is 1. The average Bonchev–Trinajstić information content (AvgIpc) is 2.49. The van der Waals surface area contributed by atoms with E-state index in [9.17, 15) is 0 Å². The predicted octanol–water partition coefficient (Wildman–Crippen LogP) is 5.10. The van der Waals surface area contributed by atoms with Gasteiger partial charge in [0.15, 0.2) is 0 Å². The summed E-state index contributed by atoms with van der Waals surface area (Å²) in [4.78, 5) is 0. The van der Waals surface area contributed by atoms with Crippen molar-refractivity contribution in [3.05, 3.63) is 29.8 Å². The minimum atomic E-state index is 0.584. The van der Waals surface area contributed by atoms with Crippen LogP contribution < -0.4 is 10.1 Å². The number of rotatable bonds is 12. The average molecular weight is 291 g/mol. The molecule has 0 heterocycles. The lowest BCUT2D eigenvalue weighted by Gasteiger charge is -2.16. The first kappa shape index (κ1) is 18.0. The number of nitrogens with one attached hydrogen (secondary N) is 1. The van der Waals surface area contributed by atoms with Crippen LogP contribution in [0.5, 0.6) is 5.75 Å². The van der Waals surface area contributed by atoms with Gasteiger partial charge in [-0.15, -0.1) is 0 Å². The second-order valence-electron chi connectivity index (χ2n) is 6.00. The Morgan fingerprint density at radius 3 is 2.52 bits per heavy atom. The second kappa shape index (κ2) is 11.6. The Balaban J connectivity index is 2.10. The zero-order chi connectivity index (χ0) is 15.3. The molecule has 0 bridgehead atoms. The zero-order valence-electron chi connectivity index (χ0n) is 14.2. The molecule has 0 amide bonds. The third kappa shape index (κ3) is 8.77. The molecule has 0 aromatic heterocycles. The van der Waals surface area contributed by atoms with Crippen molar-refractivity contribution in [2.24, 2.45) is 0 Å². The first-order chi connectivity index (χ1) is 10.3. The van der Waals surface area contributed by atoms with Crippen LogP contribution in [0.15, 0.2) is 24.3 Å². The van der Waals surface area contributed by atoms with Gasteiger partial charge in [0.25, 0.3) is 0 Å². The minimum Gasteiger partial charge on any atom is -0.494 e. The molecule has 21 heavy (non-hydrogen) atoms. The van der Waals surface area contributed by atoms with Gasteiger partial charge in [0, 0.05) is 6.04 Å². The number of hydrogen-bond acceptors (Lipinski definition) is 2. The third-order valence-corrected chi connectivity index (χ3v) is 4.04. The van der Waals surface area contributed by atoms with Gasteiger partial charge < -0.3 is 10.1 Å². The van der Waals surface area contributed by atoms with Crippen molar-refractivity contribution < 1.29 is 4.74 Å². The fourth-order valence-corrected chi connectivity index (χ4v) is 2.63. The normalized spacial score (nSPS) is 12.3. The van der Waals surface area contributed by atoms with Crippen LogP contribution in [0.25, 0.3) is 0 Å². The quantitative estimate of drug-likeness (QED) is 0.541. The van der Waals surface area contributed by atoms with E-state index in [2.05, 4.69) is 44.4 Å². The molecule has 0 aliphatic heterocycles. The van der Waals surface area contributed by atoms with Crippen LogP contribution in [0.2, 0.25) is 0 Å². The highest BCUT2D eigenvalue weighted by atomic mass is 16.5. The van der Waals surface area contributed by atoms with Gasteiger partial charge in [0.2, 0.25) is 0 Å². The van der Waals surface area contributed by atoms with E-state index in [1.807, 2.05) is 6.07 Å². The molecule has 1 unspecified atom stereocenters. The lowest BCUT2D eigenvalue weighted by atomic mass is 10.0. The van der Waals surface area contributed by atoms with E-state index in [4.69, 9.17) is 4.74 Å². The number of unbranched alkanes of at least 4 members (excludes halogenated alkanes) is 5. The summed E-state index contributed by atoms with van der Waals surface area (Å²) in [6.45, 7) is 5.16. The van der Waals surface area contributed by atoms with Crippen LogP contribution in [0.4, 0.5) is 0 Å². The number of ether oxygens (including phenoxy) is 1. The molecule has 1 atom stereocenters. The molecule has 0 spiro atoms. The minimum absolute atomic E-state index is 0.584. The van der Waals surface area contributed by atoms with Crippen molar-refractivity contribution in [3.8, 4) is 5.75 Å². The molecular formula is C19H33NO. The molecule has 0 saturated carbocycles. The Labute approximate surface area is 131 Å². The molecule has 0 aliphatic rings. The molecule has 0 fully saturated rings. The van der Waals surface area contributed by atoms with Crippen molar-refractivity contribution in [2.75, 3.05) is 13.7 Å². The molecule has 2 nitrogen and oxygen atoms in total. The Bertz CT molecular complexity index is 364. The van der Waals surface area contributed by atoms with E-state index in [0.29, 0.717) is 6.04 Å². The van der Waals surface area contributed by atoms with E-state index < -0.39 is 0 Å². The maximum atomic E-state index is 5.84. The van der Waals surface area contributed by atoms with Crippen molar-refractivity contribution in [1.29, 1.82) is 0 Å². The second-order valence-corrected chi connectivity index (χ2v) is 6.00. The highest BCUT2D eigenvalue weighted by molar-refractivity contribution is 5.27. The molecule has 1 aromatic carbocycles. The molecule has 1 N–H and O–H groups in total. The van der Waals surface area contributed by atoms with E-state index in [0.717, 1.165) is 18.8 Å². The van der Waals surface area contributed by atoms with Crippen LogP contribution in [-0.2, 0) is 0 Å². The highest BCUT2D eigenvalue weighted by Gasteiger charge is 2.06. The van der Waals surface area contributed by atoms with Crippen molar-refractivity contribution in [1.82, 2.24) is 5.32 Å². The van der Waals surface area contributed by atoms with Crippen molar-refractivity contribution >= 4 is 0 Å². The van der Waals surface area contributed by atoms with E-state index in [1.165, 1.54) is 50.5 Å². The topological polar surface area (TPSA) is 21.3 Å². The smallest absolute Gasteiger partial charge is 0.119 e. The van der Waals surface area contributed by atoms with Gasteiger partial charge in [-0.3, -0.25) is 0 Å². The van der Waals surface area contributed by atoms with Crippen LogP contribution in [0.1, 0.15) is 63.9 Å². The van der Waals surface area contributed by atoms with Crippen LogP contribution in [0.3, 0.4) is 0 Å². The zero-order valence-corrected chi connectivity index (χ0v) is 14.2. The van der Waals surface area contributed by atoms with E-state index in [-0.39, 0.29) is 0 Å². The predicted molar refractivity (Wildman–Crippen MR) is 92.1 cm³/mol. The Morgan fingerprint density at radius 1 is 1.05 bits per heavy atom. The standard InChI is InChI=1S/C19H33NO/c1-4-5-6-7-8-9-12-18(20-3)14-15-21-19-13-10-11-17(2)16-19/h10-11,13,16,18,20H,4-9,12,14-15H2,1-3H3. The molecule has 0 radical (unpaired) electrons. The molecule has 1 aromatic rings. The fraction of sp³-hybridized carbons (Fsp3) is 0.684. The molecule has 0 aliphatic carbocycles. The van der Waals surface area contributed by atoms with Gasteiger partial charge in [-0.1, -0.05) is 57.6 Å². The SMILES string of the molecule is CCCCCCCCC(CCOc1cccc(C)c1)NC. The summed E-state index contributed by atoms with van der Waals surface area (Å²) in [6, 6.07) is 8.87. The van der Waals surface area contributed by atoms with Gasteiger partial charge >= 0.3 is 0 Å². The summed E-state index contributed by atoms with van der Waals surface area (Å²) in [7, 11) is 2.06. The number of aryl methyl sites for hydroxylation is 1. The van der Waals surface area contributed by atoms with Gasteiger partial charge in [0.1, 0.15) is 5.75 Å². The molecular weight excluding hydrogens is 258 g/mol. The van der Waals surface area contributed by atoms with E-state index >= 15 is 0 Å². The largest absolute Gasteiger partial charge is 0.494 e. The summed E-state index contributed by atoms with van der Waals surface area (Å²) < 4.78 is 5.84. The summed E-state index contributed by atoms with van der Waals surface area (Å²) in [5.74, 6) is 0.990. The van der Waals surface area contributed by atoms with Crippen LogP contribution >= 0.6 is 0 Å². The maximum Gasteiger partial charge on any atom is 0.119 e. The molecule has 120 valence electrons. The Morgan fingerprint density at radius 2 is 1.81 bits per heavy atom. The van der Waals surface area contributed by atoms with Gasteiger partial charge in [-0.2, -0.15) is 0 Å². The molecule has 1 rings (SSSR count). The highest BCUT2D eigenvalue weighted by Crippen LogP contribution is 2.14. The van der Waals surface area contributed by atoms with Crippen LogP contribution in [0, 0.1) is 6.92 Å². The number of hydrogen-bond donors (Lipinski definition) is 1. The van der Waals surface area contributed by atoms with Gasteiger partial charge in [-0.05, 0) is 44.5 Å². The first-order valence-electron chi connectivity index (χ1n) is 8.63. The van der Waals surface area contributed by atoms with E-state index in [1.54, 1.807) is 0 Å².